The van der Waals surface area contributed by atoms with Gasteiger partial charge in [0.25, 0.3) is 0 Å². The number of benzene rings is 2. The smallest absolute Gasteiger partial charge is 0.207 e. The molecule has 12 heteroatoms. The Labute approximate surface area is 154 Å². The van der Waals surface area contributed by atoms with E-state index in [2.05, 4.69) is 0 Å². The van der Waals surface area contributed by atoms with Crippen LogP contribution in [0.2, 0.25) is 0 Å². The van der Waals surface area contributed by atoms with Crippen molar-refractivity contribution >= 4 is 10.0 Å². The average Bonchev–Trinajstić information content (AvgIpc) is 2.56. The van der Waals surface area contributed by atoms with Crippen molar-refractivity contribution < 1.29 is 43.5 Å². The van der Waals surface area contributed by atoms with Gasteiger partial charge in [0.15, 0.2) is 28.2 Å². The Kier molecular flexibility index (Phi) is 6.04. The summed E-state index contributed by atoms with van der Waals surface area (Å²) in [6.07, 6.45) is 0. The number of halogens is 8. The molecule has 2 aromatic carbocycles. The second-order valence-corrected chi connectivity index (χ2v) is 7.72. The molecule has 0 aliphatic heterocycles. The van der Waals surface area contributed by atoms with E-state index in [1.54, 1.807) is 0 Å². The van der Waals surface area contributed by atoms with Crippen LogP contribution in [0.25, 0.3) is 0 Å². The van der Waals surface area contributed by atoms with Crippen LogP contribution in [-0.2, 0) is 16.6 Å². The molecule has 0 heterocycles. The van der Waals surface area contributed by atoms with Crippen LogP contribution in [0.1, 0.15) is 19.4 Å². The standard InChI is InChI=1S/C16H11F8NO2S/c1-6(2)25(5-8-9(18)3-7(17)4-10(8)19)28(26,27)16-14(23)12(21)11(20)13(22)15(16)24/h3-4,6H,5H2,1-2H3. The maximum Gasteiger partial charge on any atom is 0.249 e. The summed E-state index contributed by atoms with van der Waals surface area (Å²) < 4.78 is 134. The van der Waals surface area contributed by atoms with Crippen molar-refractivity contribution in [2.24, 2.45) is 0 Å². The van der Waals surface area contributed by atoms with Crippen molar-refractivity contribution in [3.8, 4) is 0 Å². The molecule has 0 aliphatic rings. The number of sulfonamides is 1. The summed E-state index contributed by atoms with van der Waals surface area (Å²) in [5, 5.41) is 0. The van der Waals surface area contributed by atoms with Gasteiger partial charge in [0.1, 0.15) is 17.5 Å². The van der Waals surface area contributed by atoms with Crippen LogP contribution in [0.4, 0.5) is 35.1 Å². The van der Waals surface area contributed by atoms with Gasteiger partial charge in [-0.05, 0) is 13.8 Å². The number of nitrogens with zero attached hydrogens (tertiary/aromatic N) is 1. The van der Waals surface area contributed by atoms with Gasteiger partial charge < -0.3 is 0 Å². The Hall–Kier alpha value is -2.21. The molecule has 2 rings (SSSR count). The van der Waals surface area contributed by atoms with E-state index in [9.17, 15) is 43.5 Å². The Balaban J connectivity index is 2.69. The van der Waals surface area contributed by atoms with Gasteiger partial charge in [-0.15, -0.1) is 0 Å². The molecule has 154 valence electrons. The number of hydrogen-bond acceptors (Lipinski definition) is 2. The van der Waals surface area contributed by atoms with Gasteiger partial charge in [0, 0.05) is 30.3 Å². The summed E-state index contributed by atoms with van der Waals surface area (Å²) in [5.74, 6) is -17.1. The third kappa shape index (κ3) is 3.70. The van der Waals surface area contributed by atoms with Crippen LogP contribution in [0.5, 0.6) is 0 Å². The fourth-order valence-corrected chi connectivity index (χ4v) is 4.07. The Morgan fingerprint density at radius 1 is 0.786 bits per heavy atom. The van der Waals surface area contributed by atoms with Gasteiger partial charge in [-0.1, -0.05) is 0 Å². The monoisotopic (exact) mass is 433 g/mol. The van der Waals surface area contributed by atoms with Crippen molar-refractivity contribution in [1.82, 2.24) is 4.31 Å². The molecule has 0 saturated heterocycles. The number of hydrogen-bond donors (Lipinski definition) is 0. The maximum absolute atomic E-state index is 13.9. The first kappa shape index (κ1) is 22.1. The third-order valence-electron chi connectivity index (χ3n) is 3.73. The summed E-state index contributed by atoms with van der Waals surface area (Å²) in [4.78, 5) is -2.17. The molecular formula is C16H11F8NO2S. The van der Waals surface area contributed by atoms with Crippen molar-refractivity contribution in [3.05, 3.63) is 64.2 Å². The highest BCUT2D eigenvalue weighted by Gasteiger charge is 2.38. The molecule has 28 heavy (non-hydrogen) atoms. The van der Waals surface area contributed by atoms with E-state index in [4.69, 9.17) is 0 Å². The molecule has 0 aliphatic carbocycles. The van der Waals surface area contributed by atoms with Crippen molar-refractivity contribution in [3.63, 3.8) is 0 Å². The summed E-state index contributed by atoms with van der Waals surface area (Å²) in [5.41, 5.74) is -0.984. The van der Waals surface area contributed by atoms with Gasteiger partial charge in [-0.2, -0.15) is 4.31 Å². The molecule has 3 nitrogen and oxygen atoms in total. The van der Waals surface area contributed by atoms with E-state index in [1.165, 1.54) is 0 Å². The van der Waals surface area contributed by atoms with Crippen LogP contribution in [0.3, 0.4) is 0 Å². The second-order valence-electron chi connectivity index (χ2n) is 5.89. The van der Waals surface area contributed by atoms with Gasteiger partial charge in [0.2, 0.25) is 15.8 Å². The average molecular weight is 433 g/mol. The van der Waals surface area contributed by atoms with Crippen molar-refractivity contribution in [2.45, 2.75) is 31.3 Å². The van der Waals surface area contributed by atoms with E-state index in [0.717, 1.165) is 13.8 Å². The van der Waals surface area contributed by atoms with Crippen LogP contribution in [-0.4, -0.2) is 18.8 Å². The fourth-order valence-electron chi connectivity index (χ4n) is 2.35. The van der Waals surface area contributed by atoms with Gasteiger partial charge in [-0.25, -0.2) is 43.5 Å². The molecule has 0 radical (unpaired) electrons. The number of rotatable bonds is 5. The van der Waals surface area contributed by atoms with Crippen LogP contribution in [0, 0.1) is 46.5 Å². The zero-order valence-corrected chi connectivity index (χ0v) is 15.0. The van der Waals surface area contributed by atoms with E-state index in [1.807, 2.05) is 0 Å². The van der Waals surface area contributed by atoms with E-state index in [-0.39, 0.29) is 16.4 Å². The minimum absolute atomic E-state index is 0.116. The minimum Gasteiger partial charge on any atom is -0.207 e. The minimum atomic E-state index is -5.46. The molecule has 2 aromatic rings. The molecule has 0 atom stereocenters. The summed E-state index contributed by atoms with van der Waals surface area (Å²) in [6, 6.07) is -0.757. The highest BCUT2D eigenvalue weighted by atomic mass is 32.2. The Morgan fingerprint density at radius 2 is 1.18 bits per heavy atom. The molecule has 0 aromatic heterocycles. The molecule has 0 fully saturated rings. The van der Waals surface area contributed by atoms with E-state index >= 15 is 0 Å². The van der Waals surface area contributed by atoms with E-state index in [0.29, 0.717) is 0 Å². The first-order valence-corrected chi connectivity index (χ1v) is 8.91. The lowest BCUT2D eigenvalue weighted by Crippen LogP contribution is -2.38. The van der Waals surface area contributed by atoms with Crippen molar-refractivity contribution in [1.29, 1.82) is 0 Å². The van der Waals surface area contributed by atoms with Gasteiger partial charge in [-0.3, -0.25) is 0 Å². The van der Waals surface area contributed by atoms with Gasteiger partial charge >= 0.3 is 0 Å². The normalized spacial score (nSPS) is 12.3. The predicted octanol–water partition coefficient (Wildman–Crippen LogP) is 4.40. The van der Waals surface area contributed by atoms with Crippen LogP contribution < -0.4 is 0 Å². The molecule has 0 bridgehead atoms. The lowest BCUT2D eigenvalue weighted by atomic mass is 10.2. The SMILES string of the molecule is CC(C)N(Cc1c(F)cc(F)cc1F)S(=O)(=O)c1c(F)c(F)c(F)c(F)c1F. The summed E-state index contributed by atoms with van der Waals surface area (Å²) in [6.45, 7) is 1.06. The lowest BCUT2D eigenvalue weighted by Gasteiger charge is -2.27. The first-order chi connectivity index (χ1) is 12.8. The summed E-state index contributed by atoms with van der Waals surface area (Å²) >= 11 is 0. The highest BCUT2D eigenvalue weighted by molar-refractivity contribution is 7.89. The molecule has 0 saturated carbocycles. The van der Waals surface area contributed by atoms with Crippen molar-refractivity contribution in [2.75, 3.05) is 0 Å². The predicted molar refractivity (Wildman–Crippen MR) is 80.4 cm³/mol. The molecule has 0 amide bonds. The highest BCUT2D eigenvalue weighted by Crippen LogP contribution is 2.31. The second kappa shape index (κ2) is 7.66. The molecule has 0 N–H and O–H groups in total. The molecule has 0 unspecified atom stereocenters. The zero-order valence-electron chi connectivity index (χ0n) is 14.1. The Bertz CT molecular complexity index is 987. The van der Waals surface area contributed by atoms with E-state index < -0.39 is 79.6 Å². The molecule has 0 spiro atoms. The fraction of sp³-hybridized carbons (Fsp3) is 0.250. The van der Waals surface area contributed by atoms with Crippen LogP contribution >= 0.6 is 0 Å². The lowest BCUT2D eigenvalue weighted by molar-refractivity contribution is 0.321. The Morgan fingerprint density at radius 3 is 1.57 bits per heavy atom. The third-order valence-corrected chi connectivity index (χ3v) is 5.77. The first-order valence-electron chi connectivity index (χ1n) is 7.47. The maximum atomic E-state index is 13.9. The topological polar surface area (TPSA) is 37.4 Å². The quantitative estimate of drug-likeness (QED) is 0.398. The van der Waals surface area contributed by atoms with Gasteiger partial charge in [0.05, 0.1) is 0 Å². The largest absolute Gasteiger partial charge is 0.249 e. The van der Waals surface area contributed by atoms with Crippen LogP contribution in [0.15, 0.2) is 17.0 Å². The molecular weight excluding hydrogens is 422 g/mol. The summed E-state index contributed by atoms with van der Waals surface area (Å²) in [7, 11) is -5.46. The zero-order chi connectivity index (χ0) is 21.5.